The molecule has 1 aliphatic heterocycles. The lowest BCUT2D eigenvalue weighted by Crippen LogP contribution is -2.29. The molecule has 0 bridgehead atoms. The number of aromatic nitrogens is 1. The summed E-state index contributed by atoms with van der Waals surface area (Å²) < 4.78 is 23.3. The van der Waals surface area contributed by atoms with Crippen molar-refractivity contribution >= 4 is 21.8 Å². The van der Waals surface area contributed by atoms with Crippen LogP contribution in [0, 0.1) is 0 Å². The van der Waals surface area contributed by atoms with Crippen LogP contribution in [0.3, 0.4) is 0 Å². The van der Waals surface area contributed by atoms with Gasteiger partial charge in [-0.15, -0.1) is 0 Å². The van der Waals surface area contributed by atoms with E-state index in [0.29, 0.717) is 19.9 Å². The molecule has 4 aromatic rings. The molecule has 1 unspecified atom stereocenters. The van der Waals surface area contributed by atoms with Gasteiger partial charge in [-0.25, -0.2) is 0 Å². The molecule has 0 radical (unpaired) electrons. The molecule has 0 aliphatic carbocycles. The Morgan fingerprint density at radius 1 is 0.903 bits per heavy atom. The maximum Gasteiger partial charge on any atom is 0.161 e. The first-order chi connectivity index (χ1) is 15.3. The van der Waals surface area contributed by atoms with E-state index in [9.17, 15) is 0 Å². The van der Waals surface area contributed by atoms with Crippen molar-refractivity contribution in [3.63, 3.8) is 0 Å². The molecule has 2 heterocycles. The standard InChI is InChI=1S/C25H26N2O4/c1-28-22-10-4-5-11-23(22)29-14-13-27-15-18(31-17-27)16-30-24-12-6-9-21-25(24)19-7-2-3-8-20(19)26-21/h2-12,18,26H,13-17H2,1H3. The minimum Gasteiger partial charge on any atom is -0.493 e. The maximum atomic E-state index is 6.20. The highest BCUT2D eigenvalue weighted by Gasteiger charge is 2.24. The number of ether oxygens (including phenoxy) is 4. The highest BCUT2D eigenvalue weighted by molar-refractivity contribution is 6.10. The molecule has 160 valence electrons. The minimum atomic E-state index is 0.0340. The second-order valence-electron chi connectivity index (χ2n) is 7.65. The van der Waals surface area contributed by atoms with E-state index in [1.807, 2.05) is 42.5 Å². The van der Waals surface area contributed by atoms with Gasteiger partial charge in [0.15, 0.2) is 11.5 Å². The summed E-state index contributed by atoms with van der Waals surface area (Å²) in [6.07, 6.45) is 0.0340. The monoisotopic (exact) mass is 418 g/mol. The van der Waals surface area contributed by atoms with Gasteiger partial charge in [-0.05, 0) is 30.3 Å². The van der Waals surface area contributed by atoms with Crippen molar-refractivity contribution in [3.05, 3.63) is 66.7 Å². The van der Waals surface area contributed by atoms with E-state index in [1.165, 1.54) is 5.39 Å². The quantitative estimate of drug-likeness (QED) is 0.458. The van der Waals surface area contributed by atoms with Crippen molar-refractivity contribution in [2.45, 2.75) is 6.10 Å². The molecule has 6 nitrogen and oxygen atoms in total. The van der Waals surface area contributed by atoms with Crippen LogP contribution in [0.5, 0.6) is 17.2 Å². The third-order valence-electron chi connectivity index (χ3n) is 5.61. The van der Waals surface area contributed by atoms with Crippen LogP contribution in [-0.4, -0.2) is 56.1 Å². The molecule has 1 fully saturated rings. The molecule has 1 N–H and O–H groups in total. The van der Waals surface area contributed by atoms with Crippen LogP contribution in [0.2, 0.25) is 0 Å². The molecule has 1 saturated heterocycles. The van der Waals surface area contributed by atoms with E-state index >= 15 is 0 Å². The predicted octanol–water partition coefficient (Wildman–Crippen LogP) is 4.45. The molecule has 5 rings (SSSR count). The molecule has 6 heteroatoms. The van der Waals surface area contributed by atoms with Gasteiger partial charge >= 0.3 is 0 Å². The Bertz CT molecular complexity index is 1170. The van der Waals surface area contributed by atoms with Crippen molar-refractivity contribution in [1.82, 2.24) is 9.88 Å². The number of hydrogen-bond donors (Lipinski definition) is 1. The molecule has 1 aliphatic rings. The summed E-state index contributed by atoms with van der Waals surface area (Å²) in [5.41, 5.74) is 2.20. The molecule has 31 heavy (non-hydrogen) atoms. The average molecular weight is 418 g/mol. The summed E-state index contributed by atoms with van der Waals surface area (Å²) in [5, 5.41) is 2.30. The van der Waals surface area contributed by atoms with Crippen LogP contribution in [0.15, 0.2) is 66.7 Å². The SMILES string of the molecule is COc1ccccc1OCCN1COC(COc2cccc3[nH]c4ccccc4c23)C1. The lowest BCUT2D eigenvalue weighted by molar-refractivity contribution is 0.0577. The van der Waals surface area contributed by atoms with Crippen LogP contribution >= 0.6 is 0 Å². The number of aromatic amines is 1. The summed E-state index contributed by atoms with van der Waals surface area (Å²) >= 11 is 0. The van der Waals surface area contributed by atoms with E-state index in [2.05, 4.69) is 34.1 Å². The zero-order chi connectivity index (χ0) is 21.0. The number of benzene rings is 3. The summed E-state index contributed by atoms with van der Waals surface area (Å²) in [6.45, 7) is 3.28. The number of nitrogens with one attached hydrogen (secondary N) is 1. The number of H-pyrrole nitrogens is 1. The highest BCUT2D eigenvalue weighted by Crippen LogP contribution is 2.33. The molecule has 1 atom stereocenters. The second-order valence-corrected chi connectivity index (χ2v) is 7.65. The fourth-order valence-electron chi connectivity index (χ4n) is 4.05. The smallest absolute Gasteiger partial charge is 0.161 e. The van der Waals surface area contributed by atoms with Crippen molar-refractivity contribution < 1.29 is 18.9 Å². The third kappa shape index (κ3) is 4.17. The fourth-order valence-corrected chi connectivity index (χ4v) is 4.05. The van der Waals surface area contributed by atoms with Crippen molar-refractivity contribution in [3.8, 4) is 17.2 Å². The number of nitrogens with zero attached hydrogens (tertiary/aromatic N) is 1. The summed E-state index contributed by atoms with van der Waals surface area (Å²) in [7, 11) is 1.65. The maximum absolute atomic E-state index is 6.20. The molecule has 0 amide bonds. The lowest BCUT2D eigenvalue weighted by Gasteiger charge is -2.15. The van der Waals surface area contributed by atoms with Crippen LogP contribution in [-0.2, 0) is 4.74 Å². The lowest BCUT2D eigenvalue weighted by atomic mass is 10.1. The number of rotatable bonds is 8. The van der Waals surface area contributed by atoms with Gasteiger partial charge in [0.05, 0.1) is 19.4 Å². The summed E-state index contributed by atoms with van der Waals surface area (Å²) in [5.74, 6) is 2.39. The van der Waals surface area contributed by atoms with Crippen molar-refractivity contribution in [2.75, 3.05) is 40.1 Å². The largest absolute Gasteiger partial charge is 0.493 e. The predicted molar refractivity (Wildman–Crippen MR) is 121 cm³/mol. The first-order valence-corrected chi connectivity index (χ1v) is 10.5. The van der Waals surface area contributed by atoms with Gasteiger partial charge in [-0.3, -0.25) is 4.90 Å². The summed E-state index contributed by atoms with van der Waals surface area (Å²) in [6, 6.07) is 22.1. The Hall–Kier alpha value is -3.22. The first-order valence-electron chi connectivity index (χ1n) is 10.5. The fraction of sp³-hybridized carbons (Fsp3) is 0.280. The number of fused-ring (bicyclic) bond motifs is 3. The molecule has 1 aromatic heterocycles. The number of para-hydroxylation sites is 3. The van der Waals surface area contributed by atoms with E-state index < -0.39 is 0 Å². The number of hydrogen-bond acceptors (Lipinski definition) is 5. The average Bonchev–Trinajstić information content (AvgIpc) is 3.42. The van der Waals surface area contributed by atoms with Gasteiger partial charge in [0.25, 0.3) is 0 Å². The van der Waals surface area contributed by atoms with E-state index in [-0.39, 0.29) is 6.10 Å². The van der Waals surface area contributed by atoms with Crippen LogP contribution in [0.4, 0.5) is 0 Å². The molecule has 0 spiro atoms. The third-order valence-corrected chi connectivity index (χ3v) is 5.61. The summed E-state index contributed by atoms with van der Waals surface area (Å²) in [4.78, 5) is 5.69. The van der Waals surface area contributed by atoms with Crippen LogP contribution in [0.1, 0.15) is 0 Å². The number of methoxy groups -OCH3 is 1. The van der Waals surface area contributed by atoms with Gasteiger partial charge < -0.3 is 23.9 Å². The van der Waals surface area contributed by atoms with E-state index in [4.69, 9.17) is 18.9 Å². The van der Waals surface area contributed by atoms with Crippen LogP contribution < -0.4 is 14.2 Å². The molecular weight excluding hydrogens is 392 g/mol. The first kappa shape index (κ1) is 19.7. The topological polar surface area (TPSA) is 56.0 Å². The van der Waals surface area contributed by atoms with Gasteiger partial charge in [0.2, 0.25) is 0 Å². The Morgan fingerprint density at radius 2 is 1.68 bits per heavy atom. The minimum absolute atomic E-state index is 0.0340. The molecular formula is C25H26N2O4. The van der Waals surface area contributed by atoms with Crippen molar-refractivity contribution in [1.29, 1.82) is 0 Å². The van der Waals surface area contributed by atoms with E-state index in [0.717, 1.165) is 46.8 Å². The Balaban J connectivity index is 1.16. The second kappa shape index (κ2) is 8.88. The highest BCUT2D eigenvalue weighted by atomic mass is 16.6. The zero-order valence-corrected chi connectivity index (χ0v) is 17.5. The Morgan fingerprint density at radius 3 is 2.58 bits per heavy atom. The van der Waals surface area contributed by atoms with Crippen LogP contribution in [0.25, 0.3) is 21.8 Å². The van der Waals surface area contributed by atoms with Gasteiger partial charge in [-0.2, -0.15) is 0 Å². The van der Waals surface area contributed by atoms with Gasteiger partial charge in [0, 0.05) is 29.4 Å². The zero-order valence-electron chi connectivity index (χ0n) is 17.5. The van der Waals surface area contributed by atoms with Gasteiger partial charge in [-0.1, -0.05) is 36.4 Å². The Kier molecular flexibility index (Phi) is 5.65. The molecule has 0 saturated carbocycles. The van der Waals surface area contributed by atoms with E-state index in [1.54, 1.807) is 7.11 Å². The molecule has 3 aromatic carbocycles. The van der Waals surface area contributed by atoms with Crippen molar-refractivity contribution in [2.24, 2.45) is 0 Å². The Labute approximate surface area is 181 Å². The van der Waals surface area contributed by atoms with Gasteiger partial charge in [0.1, 0.15) is 25.1 Å². The normalized spacial score (nSPS) is 16.7.